The molecule has 1 N–H and O–H groups in total. The second kappa shape index (κ2) is 7.49. The fourth-order valence-corrected chi connectivity index (χ4v) is 5.00. The number of piperidine rings is 2. The van der Waals surface area contributed by atoms with Crippen LogP contribution in [-0.4, -0.2) is 47.9 Å². The van der Waals surface area contributed by atoms with E-state index in [4.69, 9.17) is 5.41 Å². The largest absolute Gasteiger partial charge is 0.361 e. The first-order chi connectivity index (χ1) is 11.9. The first-order valence-corrected chi connectivity index (χ1v) is 10.1. The van der Waals surface area contributed by atoms with Crippen LogP contribution in [0.5, 0.6) is 0 Å². The van der Waals surface area contributed by atoms with Gasteiger partial charge in [-0.2, -0.15) is 0 Å². The molecule has 138 valence electrons. The van der Waals surface area contributed by atoms with Crippen molar-refractivity contribution >= 4 is 5.84 Å². The number of hydrogen-bond donors (Lipinski definition) is 1. The van der Waals surface area contributed by atoms with Gasteiger partial charge in [-0.05, 0) is 82.5 Å². The number of rotatable bonds is 3. The van der Waals surface area contributed by atoms with Gasteiger partial charge < -0.3 is 9.80 Å². The molecule has 0 radical (unpaired) electrons. The summed E-state index contributed by atoms with van der Waals surface area (Å²) in [5.74, 6) is 0.733. The van der Waals surface area contributed by atoms with Crippen molar-refractivity contribution in [3.05, 3.63) is 34.9 Å². The maximum absolute atomic E-state index is 7.82. The number of amidine groups is 1. The van der Waals surface area contributed by atoms with Crippen LogP contribution >= 0.6 is 0 Å². The molecule has 0 saturated carbocycles. The van der Waals surface area contributed by atoms with Crippen LogP contribution in [0.4, 0.5) is 0 Å². The molecule has 2 aliphatic heterocycles. The molecule has 1 aromatic carbocycles. The van der Waals surface area contributed by atoms with Gasteiger partial charge >= 0.3 is 0 Å². The highest BCUT2D eigenvalue weighted by Gasteiger charge is 2.38. The van der Waals surface area contributed by atoms with Crippen molar-refractivity contribution < 1.29 is 0 Å². The summed E-state index contributed by atoms with van der Waals surface area (Å²) < 4.78 is 0. The maximum atomic E-state index is 7.82. The Labute approximate surface area is 153 Å². The summed E-state index contributed by atoms with van der Waals surface area (Å²) in [4.78, 5) is 4.97. The zero-order valence-electron chi connectivity index (χ0n) is 16.6. The van der Waals surface area contributed by atoms with Gasteiger partial charge in [0.05, 0.1) is 5.84 Å². The average molecular weight is 342 g/mol. The van der Waals surface area contributed by atoms with E-state index in [1.165, 1.54) is 56.3 Å². The summed E-state index contributed by atoms with van der Waals surface area (Å²) in [7, 11) is 0. The number of benzene rings is 1. The minimum absolute atomic E-state index is 0.374. The monoisotopic (exact) mass is 341 g/mol. The normalized spacial score (nSPS) is 22.2. The van der Waals surface area contributed by atoms with Gasteiger partial charge in [0.2, 0.25) is 0 Å². The Bertz CT molecular complexity index is 606. The predicted molar refractivity (Wildman–Crippen MR) is 107 cm³/mol. The van der Waals surface area contributed by atoms with Crippen LogP contribution in [0, 0.1) is 19.3 Å². The van der Waals surface area contributed by atoms with E-state index in [9.17, 15) is 0 Å². The summed E-state index contributed by atoms with van der Waals surface area (Å²) >= 11 is 0. The van der Waals surface area contributed by atoms with Gasteiger partial charge in [0.15, 0.2) is 0 Å². The van der Waals surface area contributed by atoms with E-state index in [0.717, 1.165) is 25.0 Å². The molecule has 0 amide bonds. The lowest BCUT2D eigenvalue weighted by atomic mass is 9.69. The SMILES string of the molecule is CCC1(c2cc(C)ccc2C)CCN(C2CCN(C(C)=N)CC2)CC1. The van der Waals surface area contributed by atoms with Crippen molar-refractivity contribution in [1.82, 2.24) is 9.80 Å². The van der Waals surface area contributed by atoms with Gasteiger partial charge in [-0.1, -0.05) is 30.7 Å². The maximum Gasteiger partial charge on any atom is 0.0925 e. The molecule has 2 heterocycles. The summed E-state index contributed by atoms with van der Waals surface area (Å²) in [5, 5.41) is 7.82. The van der Waals surface area contributed by atoms with Crippen LogP contribution < -0.4 is 0 Å². The van der Waals surface area contributed by atoms with E-state index in [2.05, 4.69) is 48.8 Å². The lowest BCUT2D eigenvalue weighted by Crippen LogP contribution is -2.51. The van der Waals surface area contributed by atoms with Gasteiger partial charge in [-0.3, -0.25) is 5.41 Å². The van der Waals surface area contributed by atoms with Crippen molar-refractivity contribution in [3.63, 3.8) is 0 Å². The molecule has 25 heavy (non-hydrogen) atoms. The van der Waals surface area contributed by atoms with Crippen LogP contribution in [-0.2, 0) is 5.41 Å². The van der Waals surface area contributed by atoms with Crippen LogP contribution in [0.1, 0.15) is 62.6 Å². The Morgan fingerprint density at radius 3 is 2.32 bits per heavy atom. The molecular formula is C22H35N3. The number of aryl methyl sites for hydroxylation is 2. The Morgan fingerprint density at radius 2 is 1.76 bits per heavy atom. The molecule has 0 unspecified atom stereocenters. The highest BCUT2D eigenvalue weighted by atomic mass is 15.2. The van der Waals surface area contributed by atoms with Gasteiger partial charge in [0.25, 0.3) is 0 Å². The summed E-state index contributed by atoms with van der Waals surface area (Å²) in [6, 6.07) is 7.73. The second-order valence-corrected chi connectivity index (χ2v) is 8.29. The lowest BCUT2D eigenvalue weighted by Gasteiger charge is -2.47. The van der Waals surface area contributed by atoms with Gasteiger partial charge in [0, 0.05) is 19.1 Å². The molecule has 0 spiro atoms. The van der Waals surface area contributed by atoms with Crippen molar-refractivity contribution in [3.8, 4) is 0 Å². The summed E-state index contributed by atoms with van der Waals surface area (Å²) in [6.45, 7) is 13.4. The number of likely N-dealkylation sites (tertiary alicyclic amines) is 2. The van der Waals surface area contributed by atoms with Crippen molar-refractivity contribution in [2.45, 2.75) is 71.3 Å². The highest BCUT2D eigenvalue weighted by Crippen LogP contribution is 2.41. The molecule has 3 rings (SSSR count). The van der Waals surface area contributed by atoms with Crippen LogP contribution in [0.25, 0.3) is 0 Å². The van der Waals surface area contributed by atoms with Crippen LogP contribution in [0.3, 0.4) is 0 Å². The first kappa shape index (κ1) is 18.4. The van der Waals surface area contributed by atoms with E-state index in [-0.39, 0.29) is 0 Å². The van der Waals surface area contributed by atoms with Crippen molar-refractivity contribution in [2.24, 2.45) is 0 Å². The summed E-state index contributed by atoms with van der Waals surface area (Å²) in [5.41, 5.74) is 4.84. The zero-order chi connectivity index (χ0) is 18.0. The number of hydrogen-bond acceptors (Lipinski definition) is 2. The zero-order valence-corrected chi connectivity index (χ0v) is 16.6. The molecule has 0 atom stereocenters. The highest BCUT2D eigenvalue weighted by molar-refractivity contribution is 5.76. The fraction of sp³-hybridized carbons (Fsp3) is 0.682. The minimum Gasteiger partial charge on any atom is -0.361 e. The molecule has 0 aromatic heterocycles. The predicted octanol–water partition coefficient (Wildman–Crippen LogP) is 4.51. The molecule has 2 saturated heterocycles. The molecule has 1 aromatic rings. The Balaban J connectivity index is 1.66. The average Bonchev–Trinajstić information content (AvgIpc) is 2.64. The number of nitrogens with one attached hydrogen (secondary N) is 1. The van der Waals surface area contributed by atoms with Crippen molar-refractivity contribution in [2.75, 3.05) is 26.2 Å². The van der Waals surface area contributed by atoms with E-state index in [0.29, 0.717) is 5.41 Å². The van der Waals surface area contributed by atoms with E-state index < -0.39 is 0 Å². The topological polar surface area (TPSA) is 30.3 Å². The molecule has 0 aliphatic carbocycles. The molecule has 3 heteroatoms. The Kier molecular flexibility index (Phi) is 5.52. The standard InChI is InChI=1S/C22H35N3/c1-5-22(21-16-17(2)6-7-18(21)3)10-14-25(15-11-22)20-8-12-24(13-9-20)19(4)23/h6-7,16,20,23H,5,8-15H2,1-4H3. The first-order valence-electron chi connectivity index (χ1n) is 10.1. The Morgan fingerprint density at radius 1 is 1.12 bits per heavy atom. The third kappa shape index (κ3) is 3.76. The molecule has 3 nitrogen and oxygen atoms in total. The number of nitrogens with zero attached hydrogens (tertiary/aromatic N) is 2. The second-order valence-electron chi connectivity index (χ2n) is 8.29. The molecule has 0 bridgehead atoms. The fourth-order valence-electron chi connectivity index (χ4n) is 5.00. The quantitative estimate of drug-likeness (QED) is 0.648. The van der Waals surface area contributed by atoms with E-state index in [1.54, 1.807) is 5.56 Å². The van der Waals surface area contributed by atoms with E-state index in [1.807, 2.05) is 6.92 Å². The van der Waals surface area contributed by atoms with E-state index >= 15 is 0 Å². The molecule has 2 aliphatic rings. The van der Waals surface area contributed by atoms with Gasteiger partial charge in [0.1, 0.15) is 0 Å². The van der Waals surface area contributed by atoms with Crippen LogP contribution in [0.15, 0.2) is 18.2 Å². The summed E-state index contributed by atoms with van der Waals surface area (Å²) in [6.07, 6.45) is 6.27. The van der Waals surface area contributed by atoms with Gasteiger partial charge in [-0.25, -0.2) is 0 Å². The van der Waals surface area contributed by atoms with Gasteiger partial charge in [-0.15, -0.1) is 0 Å². The third-order valence-corrected chi connectivity index (χ3v) is 6.85. The minimum atomic E-state index is 0.374. The Hall–Kier alpha value is -1.35. The molecular weight excluding hydrogens is 306 g/mol. The molecule has 2 fully saturated rings. The third-order valence-electron chi connectivity index (χ3n) is 6.85. The smallest absolute Gasteiger partial charge is 0.0925 e. The lowest BCUT2D eigenvalue weighted by molar-refractivity contribution is 0.0806. The van der Waals surface area contributed by atoms with Crippen molar-refractivity contribution in [1.29, 1.82) is 5.41 Å². The van der Waals surface area contributed by atoms with Crippen LogP contribution in [0.2, 0.25) is 0 Å².